The highest BCUT2D eigenvalue weighted by Crippen LogP contribution is 2.31. The number of rotatable bonds is 2. The van der Waals surface area contributed by atoms with E-state index in [0.29, 0.717) is 32.2 Å². The fraction of sp³-hybridized carbons (Fsp3) is 0.0588. The van der Waals surface area contributed by atoms with Gasteiger partial charge >= 0.3 is 0 Å². The second kappa shape index (κ2) is 5.59. The lowest BCUT2D eigenvalue weighted by Gasteiger charge is -2.12. The summed E-state index contributed by atoms with van der Waals surface area (Å²) in [5.41, 5.74) is 2.71. The Morgan fingerprint density at radius 3 is 2.55 bits per heavy atom. The van der Waals surface area contributed by atoms with Crippen LogP contribution in [0.1, 0.15) is 15.9 Å². The minimum absolute atomic E-state index is 0.0923. The van der Waals surface area contributed by atoms with Crippen LogP contribution in [0.25, 0.3) is 22.2 Å². The number of carboxylic acids is 1. The van der Waals surface area contributed by atoms with Crippen LogP contribution in [0.5, 0.6) is 0 Å². The maximum atomic E-state index is 11.5. The number of fused-ring (bicyclic) bond motifs is 1. The van der Waals surface area contributed by atoms with Crippen molar-refractivity contribution in [2.45, 2.75) is 6.92 Å². The monoisotopic (exact) mass is 330 g/mol. The van der Waals surface area contributed by atoms with Crippen LogP contribution in [-0.4, -0.2) is 11.0 Å². The molecule has 22 heavy (non-hydrogen) atoms. The van der Waals surface area contributed by atoms with Crippen molar-refractivity contribution in [2.24, 2.45) is 0 Å². The molecule has 3 nitrogen and oxygen atoms in total. The van der Waals surface area contributed by atoms with Crippen LogP contribution in [-0.2, 0) is 0 Å². The molecule has 0 aliphatic carbocycles. The maximum absolute atomic E-state index is 11.5. The Balaban J connectivity index is 2.32. The molecular formula is C17H10Cl2NO2-. The average molecular weight is 331 g/mol. The third-order valence-corrected chi connectivity index (χ3v) is 3.94. The van der Waals surface area contributed by atoms with E-state index < -0.39 is 5.97 Å². The lowest BCUT2D eigenvalue weighted by atomic mass is 10.0. The van der Waals surface area contributed by atoms with E-state index in [-0.39, 0.29) is 5.56 Å². The number of aromatic carboxylic acids is 1. The quantitative estimate of drug-likeness (QED) is 0.716. The van der Waals surface area contributed by atoms with Gasteiger partial charge in [0.1, 0.15) is 0 Å². The molecule has 1 heterocycles. The minimum atomic E-state index is -1.25. The Morgan fingerprint density at radius 2 is 1.86 bits per heavy atom. The average Bonchev–Trinajstić information content (AvgIpc) is 2.46. The van der Waals surface area contributed by atoms with Crippen molar-refractivity contribution >= 4 is 40.1 Å². The van der Waals surface area contributed by atoms with Gasteiger partial charge in [-0.3, -0.25) is 0 Å². The Kier molecular flexibility index (Phi) is 3.77. The molecule has 0 N–H and O–H groups in total. The summed E-state index contributed by atoms with van der Waals surface area (Å²) in [6, 6.07) is 11.9. The number of halogens is 2. The van der Waals surface area contributed by atoms with E-state index in [2.05, 4.69) is 4.98 Å². The molecule has 0 aliphatic rings. The van der Waals surface area contributed by atoms with Crippen molar-refractivity contribution in [3.8, 4) is 11.3 Å². The molecule has 0 fully saturated rings. The molecular weight excluding hydrogens is 321 g/mol. The number of carbonyl (C=O) groups is 1. The second-order valence-corrected chi connectivity index (χ2v) is 5.83. The molecule has 0 aliphatic heterocycles. The smallest absolute Gasteiger partial charge is 0.0731 e. The van der Waals surface area contributed by atoms with Gasteiger partial charge < -0.3 is 9.90 Å². The standard InChI is InChI=1S/C17H11Cl2NO2/c1-9-2-5-15-12(6-9)13(17(21)22)8-16(20-15)11-4-3-10(18)7-14(11)19/h2-8H,1H3,(H,21,22)/p-1. The van der Waals surface area contributed by atoms with E-state index in [0.717, 1.165) is 5.56 Å². The fourth-order valence-electron chi connectivity index (χ4n) is 2.34. The molecule has 110 valence electrons. The number of aryl methyl sites for hydroxylation is 1. The SMILES string of the molecule is Cc1ccc2nc(-c3ccc(Cl)cc3Cl)cc(C(=O)[O-])c2c1. The molecule has 0 unspecified atom stereocenters. The summed E-state index contributed by atoms with van der Waals surface area (Å²) in [6.07, 6.45) is 0. The molecule has 0 atom stereocenters. The lowest BCUT2D eigenvalue weighted by molar-refractivity contribution is -0.254. The molecule has 3 rings (SSSR count). The van der Waals surface area contributed by atoms with E-state index in [1.165, 1.54) is 6.07 Å². The van der Waals surface area contributed by atoms with Gasteiger partial charge in [-0.05, 0) is 43.3 Å². The van der Waals surface area contributed by atoms with Crippen LogP contribution in [0, 0.1) is 6.92 Å². The van der Waals surface area contributed by atoms with Gasteiger partial charge in [0.15, 0.2) is 0 Å². The predicted molar refractivity (Wildman–Crippen MR) is 86.3 cm³/mol. The van der Waals surface area contributed by atoms with E-state index in [1.54, 1.807) is 30.3 Å². The molecule has 1 aromatic heterocycles. The summed E-state index contributed by atoms with van der Waals surface area (Å²) in [6.45, 7) is 1.89. The number of carbonyl (C=O) groups excluding carboxylic acids is 1. The Labute approximate surface area is 137 Å². The molecule has 0 saturated carbocycles. The van der Waals surface area contributed by atoms with Crippen LogP contribution in [0.4, 0.5) is 0 Å². The maximum Gasteiger partial charge on any atom is 0.0731 e. The van der Waals surface area contributed by atoms with Crippen molar-refractivity contribution in [3.63, 3.8) is 0 Å². The summed E-state index contributed by atoms with van der Waals surface area (Å²) in [7, 11) is 0. The summed E-state index contributed by atoms with van der Waals surface area (Å²) >= 11 is 12.1. The summed E-state index contributed by atoms with van der Waals surface area (Å²) in [5.74, 6) is -1.25. The molecule has 0 radical (unpaired) electrons. The van der Waals surface area contributed by atoms with Gasteiger partial charge in [0.05, 0.1) is 22.2 Å². The van der Waals surface area contributed by atoms with Gasteiger partial charge in [0.25, 0.3) is 0 Å². The molecule has 2 aromatic carbocycles. The van der Waals surface area contributed by atoms with Crippen LogP contribution >= 0.6 is 23.2 Å². The van der Waals surface area contributed by atoms with E-state index >= 15 is 0 Å². The number of hydrogen-bond donors (Lipinski definition) is 0. The number of hydrogen-bond acceptors (Lipinski definition) is 3. The Bertz CT molecular complexity index is 907. The van der Waals surface area contributed by atoms with Crippen LogP contribution in [0.3, 0.4) is 0 Å². The van der Waals surface area contributed by atoms with Crippen molar-refractivity contribution in [3.05, 3.63) is 63.6 Å². The Hall–Kier alpha value is -2.10. The first kappa shape index (κ1) is 14.8. The van der Waals surface area contributed by atoms with Gasteiger partial charge in [-0.2, -0.15) is 0 Å². The molecule has 5 heteroatoms. The van der Waals surface area contributed by atoms with Crippen molar-refractivity contribution in [2.75, 3.05) is 0 Å². The topological polar surface area (TPSA) is 53.0 Å². The van der Waals surface area contributed by atoms with Crippen molar-refractivity contribution in [1.29, 1.82) is 0 Å². The molecule has 0 saturated heterocycles. The summed E-state index contributed by atoms with van der Waals surface area (Å²) in [5, 5.41) is 12.9. The predicted octanol–water partition coefficient (Wildman–Crippen LogP) is 3.88. The zero-order chi connectivity index (χ0) is 15.9. The van der Waals surface area contributed by atoms with Gasteiger partial charge in [0.2, 0.25) is 0 Å². The fourth-order valence-corrected chi connectivity index (χ4v) is 2.85. The summed E-state index contributed by atoms with van der Waals surface area (Å²) < 4.78 is 0. The number of aromatic nitrogens is 1. The minimum Gasteiger partial charge on any atom is -0.545 e. The largest absolute Gasteiger partial charge is 0.545 e. The molecule has 0 spiro atoms. The number of carboxylic acid groups (broad SMARTS) is 1. The molecule has 3 aromatic rings. The number of pyridine rings is 1. The molecule has 0 bridgehead atoms. The van der Waals surface area contributed by atoms with Gasteiger partial charge in [-0.1, -0.05) is 34.8 Å². The van der Waals surface area contributed by atoms with Gasteiger partial charge in [-0.25, -0.2) is 4.98 Å². The highest BCUT2D eigenvalue weighted by Gasteiger charge is 2.11. The van der Waals surface area contributed by atoms with Crippen molar-refractivity contribution < 1.29 is 9.90 Å². The zero-order valence-electron chi connectivity index (χ0n) is 11.6. The van der Waals surface area contributed by atoms with Crippen LogP contribution in [0.15, 0.2) is 42.5 Å². The lowest BCUT2D eigenvalue weighted by Crippen LogP contribution is -2.22. The highest BCUT2D eigenvalue weighted by molar-refractivity contribution is 6.36. The van der Waals surface area contributed by atoms with E-state index in [9.17, 15) is 9.90 Å². The highest BCUT2D eigenvalue weighted by atomic mass is 35.5. The first-order valence-electron chi connectivity index (χ1n) is 6.54. The van der Waals surface area contributed by atoms with Gasteiger partial charge in [-0.15, -0.1) is 0 Å². The third-order valence-electron chi connectivity index (χ3n) is 3.39. The Morgan fingerprint density at radius 1 is 1.09 bits per heavy atom. The molecule has 0 amide bonds. The second-order valence-electron chi connectivity index (χ2n) is 4.99. The van der Waals surface area contributed by atoms with Crippen molar-refractivity contribution in [1.82, 2.24) is 4.98 Å². The van der Waals surface area contributed by atoms with Gasteiger partial charge in [0, 0.05) is 21.5 Å². The van der Waals surface area contributed by atoms with E-state index in [1.807, 2.05) is 13.0 Å². The summed E-state index contributed by atoms with van der Waals surface area (Å²) in [4.78, 5) is 16.0. The zero-order valence-corrected chi connectivity index (χ0v) is 13.1. The number of benzene rings is 2. The number of nitrogens with zero attached hydrogens (tertiary/aromatic N) is 1. The third kappa shape index (κ3) is 2.65. The van der Waals surface area contributed by atoms with E-state index in [4.69, 9.17) is 23.2 Å². The first-order valence-corrected chi connectivity index (χ1v) is 7.29. The first-order chi connectivity index (χ1) is 10.5. The van der Waals surface area contributed by atoms with Crippen LogP contribution < -0.4 is 5.11 Å². The van der Waals surface area contributed by atoms with Crippen LogP contribution in [0.2, 0.25) is 10.0 Å². The normalized spacial score (nSPS) is 10.9.